The molecule has 15 nitrogen and oxygen atoms in total. The number of carbonyl (C=O) groups is 4. The van der Waals surface area contributed by atoms with E-state index in [2.05, 4.69) is 6.58 Å². The van der Waals surface area contributed by atoms with Gasteiger partial charge >= 0.3 is 34.5 Å². The molecule has 0 radical (unpaired) electrons. The topological polar surface area (TPSA) is 170 Å². The van der Waals surface area contributed by atoms with E-state index in [1.807, 2.05) is 13.8 Å². The van der Waals surface area contributed by atoms with E-state index in [-0.39, 0.29) is 43.5 Å². The number of amides is 3. The molecule has 2 aromatic rings. The average Bonchev–Trinajstić information content (AvgIpc) is 3.44. The first-order valence-corrected chi connectivity index (χ1v) is 20.0. The molecule has 1 aliphatic heterocycles. The number of benzene rings is 2. The Morgan fingerprint density at radius 1 is 0.982 bits per heavy atom. The zero-order valence-corrected chi connectivity index (χ0v) is 35.6. The number of hydrogen-bond acceptors (Lipinski definition) is 11. The molecule has 3 amide bonds. The number of nitrogens with one attached hydrogen (secondary N) is 1. The van der Waals surface area contributed by atoms with Gasteiger partial charge in [0.2, 0.25) is 0 Å². The molecule has 0 aliphatic carbocycles. The van der Waals surface area contributed by atoms with Crippen LogP contribution in [0, 0.1) is 5.82 Å². The SMILES string of the molecule is C=CCOC(=O)NS(=O)(=O)N(CC(=O)OC(C)(C)C)c1c(OCc2ccccc2)cc2c(c1F)C[C@H](CN(C(=O)OC(C)(C)C)[C@H](C)CC)N2C(=O)OC(C)(C)C. The molecule has 0 fully saturated rings. The lowest BCUT2D eigenvalue weighted by Crippen LogP contribution is -2.51. The minimum absolute atomic E-state index is 0.0279. The third-order valence-corrected chi connectivity index (χ3v) is 9.43. The summed E-state index contributed by atoms with van der Waals surface area (Å²) in [5, 5.41) is 0. The third kappa shape index (κ3) is 13.3. The molecule has 1 heterocycles. The number of hydrogen-bond donors (Lipinski definition) is 1. The molecule has 57 heavy (non-hydrogen) atoms. The highest BCUT2D eigenvalue weighted by Crippen LogP contribution is 2.46. The van der Waals surface area contributed by atoms with E-state index in [0.29, 0.717) is 16.3 Å². The van der Waals surface area contributed by atoms with E-state index in [0.717, 1.165) is 0 Å². The quantitative estimate of drug-likeness (QED) is 0.114. The molecule has 2 atom stereocenters. The summed E-state index contributed by atoms with van der Waals surface area (Å²) in [6.45, 7) is 20.1. The summed E-state index contributed by atoms with van der Waals surface area (Å²) in [7, 11) is -5.15. The monoisotopic (exact) mass is 820 g/mol. The van der Waals surface area contributed by atoms with E-state index >= 15 is 4.39 Å². The summed E-state index contributed by atoms with van der Waals surface area (Å²) in [4.78, 5) is 56.3. The van der Waals surface area contributed by atoms with Crippen molar-refractivity contribution in [3.63, 3.8) is 0 Å². The van der Waals surface area contributed by atoms with E-state index in [1.54, 1.807) is 97.4 Å². The van der Waals surface area contributed by atoms with Crippen LogP contribution in [-0.4, -0.2) is 86.1 Å². The highest BCUT2D eigenvalue weighted by atomic mass is 32.2. The fraction of sp³-hybridized carbons (Fsp3) is 0.550. The number of esters is 1. The normalized spacial score (nSPS) is 14.8. The highest BCUT2D eigenvalue weighted by Gasteiger charge is 2.44. The minimum atomic E-state index is -5.15. The number of anilines is 2. The second-order valence-corrected chi connectivity index (χ2v) is 18.1. The van der Waals surface area contributed by atoms with Crippen LogP contribution in [-0.2, 0) is 47.0 Å². The zero-order chi connectivity index (χ0) is 43.1. The Kier molecular flexibility index (Phi) is 15.0. The van der Waals surface area contributed by atoms with Crippen LogP contribution in [0.25, 0.3) is 0 Å². The third-order valence-electron chi connectivity index (χ3n) is 8.11. The van der Waals surface area contributed by atoms with Gasteiger partial charge in [0.25, 0.3) is 0 Å². The molecule has 1 N–H and O–H groups in total. The van der Waals surface area contributed by atoms with Crippen molar-refractivity contribution in [1.29, 1.82) is 0 Å². The summed E-state index contributed by atoms with van der Waals surface area (Å²) >= 11 is 0. The predicted molar refractivity (Wildman–Crippen MR) is 213 cm³/mol. The van der Waals surface area contributed by atoms with Crippen LogP contribution in [0.3, 0.4) is 0 Å². The lowest BCUT2D eigenvalue weighted by atomic mass is 10.1. The smallest absolute Gasteiger partial charge is 0.422 e. The van der Waals surface area contributed by atoms with Crippen LogP contribution in [0.15, 0.2) is 49.1 Å². The number of fused-ring (bicyclic) bond motifs is 1. The predicted octanol–water partition coefficient (Wildman–Crippen LogP) is 7.41. The van der Waals surface area contributed by atoms with Crippen molar-refractivity contribution in [3.8, 4) is 5.75 Å². The van der Waals surface area contributed by atoms with Crippen molar-refractivity contribution in [2.75, 3.05) is 28.9 Å². The molecule has 1 aliphatic rings. The van der Waals surface area contributed by atoms with Crippen LogP contribution in [0.1, 0.15) is 93.7 Å². The van der Waals surface area contributed by atoms with Crippen molar-refractivity contribution in [3.05, 3.63) is 66.0 Å². The van der Waals surface area contributed by atoms with Gasteiger partial charge in [-0.25, -0.2) is 27.8 Å². The van der Waals surface area contributed by atoms with E-state index in [4.69, 9.17) is 23.7 Å². The summed E-state index contributed by atoms with van der Waals surface area (Å²) in [6, 6.07) is 8.64. The van der Waals surface area contributed by atoms with Crippen LogP contribution < -0.4 is 18.7 Å². The molecule has 0 spiro atoms. The lowest BCUT2D eigenvalue weighted by Gasteiger charge is -2.36. The van der Waals surface area contributed by atoms with Crippen LogP contribution in [0.5, 0.6) is 5.75 Å². The first-order chi connectivity index (χ1) is 26.3. The fourth-order valence-electron chi connectivity index (χ4n) is 5.66. The number of rotatable bonds is 14. The van der Waals surface area contributed by atoms with Crippen LogP contribution in [0.2, 0.25) is 0 Å². The summed E-state index contributed by atoms with van der Waals surface area (Å²) in [5.74, 6) is -2.69. The molecule has 0 unspecified atom stereocenters. The van der Waals surface area contributed by atoms with Gasteiger partial charge in [-0.1, -0.05) is 49.9 Å². The zero-order valence-electron chi connectivity index (χ0n) is 34.8. The first-order valence-electron chi connectivity index (χ1n) is 18.6. The number of ether oxygens (including phenoxy) is 5. The maximum Gasteiger partial charge on any atom is 0.422 e. The molecule has 3 rings (SSSR count). The van der Waals surface area contributed by atoms with E-state index in [9.17, 15) is 27.6 Å². The molecule has 316 valence electrons. The summed E-state index contributed by atoms with van der Waals surface area (Å²) < 4.78 is 75.6. The van der Waals surface area contributed by atoms with Gasteiger partial charge in [0.05, 0.1) is 11.7 Å². The highest BCUT2D eigenvalue weighted by molar-refractivity contribution is 7.91. The Labute approximate surface area is 335 Å². The van der Waals surface area contributed by atoms with Gasteiger partial charge in [0, 0.05) is 30.6 Å². The largest absolute Gasteiger partial charge is 0.487 e. The number of nitrogens with zero attached hydrogens (tertiary/aromatic N) is 3. The Morgan fingerprint density at radius 2 is 1.58 bits per heavy atom. The Morgan fingerprint density at radius 3 is 2.12 bits per heavy atom. The fourth-order valence-corrected chi connectivity index (χ4v) is 6.73. The lowest BCUT2D eigenvalue weighted by molar-refractivity contribution is -0.152. The molecular formula is C40H57FN4O11S. The van der Waals surface area contributed by atoms with E-state index < -0.39 is 81.1 Å². The van der Waals surface area contributed by atoms with Gasteiger partial charge in [-0.15, -0.1) is 0 Å². The molecule has 0 saturated heterocycles. The Bertz CT molecular complexity index is 1890. The molecule has 0 saturated carbocycles. The standard InChI is InChI=1S/C40H57FN4O11S/c1-13-20-52-35(47)42-57(50,51)44(24-32(46)54-38(4,5)6)34-31(53-25-27-18-16-15-17-19-27)22-30-29(33(34)41)21-28(45(30)37(49)56-40(10,11)12)23-43(26(3)14-2)36(48)55-39(7,8)9/h13,15-19,22,26,28H,1,14,20-21,23-25H2,2-12H3,(H,42,47)/t26-,28-/m1/s1. The Balaban J connectivity index is 2.35. The number of halogens is 1. The maximum atomic E-state index is 17.6. The molecule has 0 bridgehead atoms. The number of carbonyl (C=O) groups excluding carboxylic acids is 4. The maximum absolute atomic E-state index is 17.6. The second kappa shape index (κ2) is 18.5. The molecule has 0 aromatic heterocycles. The van der Waals surface area contributed by atoms with Crippen molar-refractivity contribution in [2.45, 2.75) is 124 Å². The summed E-state index contributed by atoms with van der Waals surface area (Å²) in [5.41, 5.74) is -3.26. The van der Waals surface area contributed by atoms with Crippen molar-refractivity contribution < 1.29 is 55.7 Å². The van der Waals surface area contributed by atoms with Gasteiger partial charge in [-0.3, -0.25) is 9.69 Å². The van der Waals surface area contributed by atoms with Gasteiger partial charge in [0.1, 0.15) is 48.0 Å². The molecule has 17 heteroatoms. The first kappa shape index (κ1) is 46.3. The van der Waals surface area contributed by atoms with Gasteiger partial charge in [-0.2, -0.15) is 8.42 Å². The molecule has 2 aromatic carbocycles. The second-order valence-electron chi connectivity index (χ2n) is 16.5. The Hall–Kier alpha value is -5.06. The van der Waals surface area contributed by atoms with Gasteiger partial charge < -0.3 is 28.6 Å². The van der Waals surface area contributed by atoms with Crippen molar-refractivity contribution in [2.24, 2.45) is 0 Å². The average molecular weight is 821 g/mol. The van der Waals surface area contributed by atoms with Crippen molar-refractivity contribution in [1.82, 2.24) is 9.62 Å². The molecular weight excluding hydrogens is 764 g/mol. The van der Waals surface area contributed by atoms with Crippen LogP contribution in [0.4, 0.5) is 30.1 Å². The summed E-state index contributed by atoms with van der Waals surface area (Å²) in [6.07, 6.45) is -1.48. The minimum Gasteiger partial charge on any atom is -0.487 e. The van der Waals surface area contributed by atoms with Crippen molar-refractivity contribution >= 4 is 45.8 Å². The van der Waals surface area contributed by atoms with Gasteiger partial charge in [0.15, 0.2) is 5.82 Å². The van der Waals surface area contributed by atoms with E-state index in [1.165, 1.54) is 21.9 Å². The van der Waals surface area contributed by atoms with Crippen LogP contribution >= 0.6 is 0 Å². The van der Waals surface area contributed by atoms with Gasteiger partial charge in [-0.05, 0) is 81.2 Å².